The van der Waals surface area contributed by atoms with Gasteiger partial charge in [0, 0.05) is 32.8 Å². The molecule has 1 aromatic carbocycles. The van der Waals surface area contributed by atoms with Crippen molar-refractivity contribution in [2.24, 2.45) is 10.4 Å². The van der Waals surface area contributed by atoms with Crippen molar-refractivity contribution in [2.45, 2.75) is 45.4 Å². The fourth-order valence-corrected chi connectivity index (χ4v) is 3.93. The van der Waals surface area contributed by atoms with E-state index in [1.54, 1.807) is 24.3 Å². The number of hydrogen-bond donors (Lipinski definition) is 4. The molecule has 28 heavy (non-hydrogen) atoms. The molecule has 0 unspecified atom stereocenters. The zero-order chi connectivity index (χ0) is 20.2. The minimum absolute atomic E-state index is 0.119. The normalized spacial score (nSPS) is 16.5. The number of nitrogens with zero attached hydrogens (tertiary/aromatic N) is 1. The van der Waals surface area contributed by atoms with Gasteiger partial charge in [0.05, 0.1) is 10.6 Å². The summed E-state index contributed by atoms with van der Waals surface area (Å²) in [5.74, 6) is 0.566. The van der Waals surface area contributed by atoms with Crippen LogP contribution < -0.4 is 16.0 Å². The highest BCUT2D eigenvalue weighted by molar-refractivity contribution is 6.33. The summed E-state index contributed by atoms with van der Waals surface area (Å²) in [5.41, 5.74) is 0.598. The molecule has 0 radical (unpaired) electrons. The first-order valence-electron chi connectivity index (χ1n) is 10.3. The Hall–Kier alpha value is -1.79. The molecule has 2 rings (SSSR count). The molecule has 6 nitrogen and oxygen atoms in total. The maximum atomic E-state index is 12.2. The van der Waals surface area contributed by atoms with E-state index in [1.807, 2.05) is 6.92 Å². The smallest absolute Gasteiger partial charge is 0.252 e. The molecular formula is C21H33ClN4O2. The lowest BCUT2D eigenvalue weighted by atomic mass is 9.72. The van der Waals surface area contributed by atoms with E-state index in [-0.39, 0.29) is 17.9 Å². The molecule has 1 fully saturated rings. The van der Waals surface area contributed by atoms with E-state index in [4.69, 9.17) is 16.6 Å². The van der Waals surface area contributed by atoms with Gasteiger partial charge in [-0.05, 0) is 43.7 Å². The topological polar surface area (TPSA) is 85.8 Å². The summed E-state index contributed by atoms with van der Waals surface area (Å²) < 4.78 is 0. The van der Waals surface area contributed by atoms with Crippen LogP contribution in [0.25, 0.3) is 0 Å². The average molecular weight is 409 g/mol. The van der Waals surface area contributed by atoms with Crippen LogP contribution in [0, 0.1) is 5.41 Å². The van der Waals surface area contributed by atoms with Gasteiger partial charge in [-0.2, -0.15) is 0 Å². The van der Waals surface area contributed by atoms with Crippen LogP contribution in [0.2, 0.25) is 5.02 Å². The lowest BCUT2D eigenvalue weighted by molar-refractivity contribution is 0.0954. The molecule has 0 spiro atoms. The maximum Gasteiger partial charge on any atom is 0.252 e. The molecule has 0 saturated heterocycles. The van der Waals surface area contributed by atoms with Gasteiger partial charge >= 0.3 is 0 Å². The molecule has 1 aliphatic carbocycles. The highest BCUT2D eigenvalue weighted by atomic mass is 35.5. The van der Waals surface area contributed by atoms with Crippen molar-refractivity contribution in [3.8, 4) is 0 Å². The summed E-state index contributed by atoms with van der Waals surface area (Å²) in [6, 6.07) is 7.01. The fourth-order valence-electron chi connectivity index (χ4n) is 3.71. The largest absolute Gasteiger partial charge is 0.396 e. The van der Waals surface area contributed by atoms with Gasteiger partial charge in [-0.3, -0.25) is 9.79 Å². The van der Waals surface area contributed by atoms with Crippen molar-refractivity contribution in [1.82, 2.24) is 16.0 Å². The summed E-state index contributed by atoms with van der Waals surface area (Å²) in [4.78, 5) is 17.0. The molecule has 1 amide bonds. The van der Waals surface area contributed by atoms with Gasteiger partial charge in [0.15, 0.2) is 5.96 Å². The first kappa shape index (κ1) is 22.5. The SMILES string of the molecule is CCNC(=NCC1(CCO)CCCCC1)NCCNC(=O)c1ccccc1Cl. The van der Waals surface area contributed by atoms with Crippen molar-refractivity contribution in [2.75, 3.05) is 32.8 Å². The second kappa shape index (κ2) is 11.9. The molecule has 0 bridgehead atoms. The van der Waals surface area contributed by atoms with Crippen molar-refractivity contribution in [3.05, 3.63) is 34.9 Å². The molecule has 0 atom stereocenters. The van der Waals surface area contributed by atoms with Gasteiger partial charge in [0.25, 0.3) is 5.91 Å². The number of benzene rings is 1. The van der Waals surface area contributed by atoms with Gasteiger partial charge in [-0.25, -0.2) is 0 Å². The fraction of sp³-hybridized carbons (Fsp3) is 0.619. The third-order valence-corrected chi connectivity index (χ3v) is 5.62. The zero-order valence-electron chi connectivity index (χ0n) is 16.8. The number of halogens is 1. The Labute approximate surface area is 173 Å². The second-order valence-corrected chi connectivity index (χ2v) is 7.80. The van der Waals surface area contributed by atoms with E-state index in [1.165, 1.54) is 19.3 Å². The van der Waals surface area contributed by atoms with E-state index in [0.717, 1.165) is 38.3 Å². The third kappa shape index (κ3) is 6.99. The number of aliphatic imine (C=N–C) groups is 1. The van der Waals surface area contributed by atoms with Crippen molar-refractivity contribution >= 4 is 23.5 Å². The molecule has 7 heteroatoms. The first-order chi connectivity index (χ1) is 13.6. The highest BCUT2D eigenvalue weighted by Gasteiger charge is 2.31. The summed E-state index contributed by atoms with van der Waals surface area (Å²) in [5, 5.41) is 19.3. The number of guanidine groups is 1. The Morgan fingerprint density at radius 2 is 1.86 bits per heavy atom. The van der Waals surface area contributed by atoms with Crippen molar-refractivity contribution < 1.29 is 9.90 Å². The number of carbonyl (C=O) groups excluding carboxylic acids is 1. The van der Waals surface area contributed by atoms with Crippen molar-refractivity contribution in [1.29, 1.82) is 0 Å². The van der Waals surface area contributed by atoms with Gasteiger partial charge < -0.3 is 21.1 Å². The molecule has 4 N–H and O–H groups in total. The van der Waals surface area contributed by atoms with Crippen LogP contribution in [0.1, 0.15) is 55.8 Å². The van der Waals surface area contributed by atoms with E-state index in [2.05, 4.69) is 16.0 Å². The third-order valence-electron chi connectivity index (χ3n) is 5.29. The van der Waals surface area contributed by atoms with Gasteiger partial charge in [-0.1, -0.05) is 43.0 Å². The molecule has 156 valence electrons. The molecule has 0 aliphatic heterocycles. The van der Waals surface area contributed by atoms with E-state index < -0.39 is 0 Å². The molecule has 1 aliphatic rings. The number of aliphatic hydroxyl groups excluding tert-OH is 1. The Morgan fingerprint density at radius 3 is 2.54 bits per heavy atom. The highest BCUT2D eigenvalue weighted by Crippen LogP contribution is 2.39. The van der Waals surface area contributed by atoms with Crippen LogP contribution in [0.3, 0.4) is 0 Å². The molecule has 0 aromatic heterocycles. The average Bonchev–Trinajstić information content (AvgIpc) is 2.70. The Balaban J connectivity index is 1.83. The molecule has 0 heterocycles. The van der Waals surface area contributed by atoms with Gasteiger partial charge in [-0.15, -0.1) is 0 Å². The summed E-state index contributed by atoms with van der Waals surface area (Å²) in [6.07, 6.45) is 6.78. The molecular weight excluding hydrogens is 376 g/mol. The lowest BCUT2D eigenvalue weighted by Crippen LogP contribution is -2.42. The number of amides is 1. The predicted octanol–water partition coefficient (Wildman–Crippen LogP) is 2.96. The van der Waals surface area contributed by atoms with Crippen LogP contribution in [-0.2, 0) is 0 Å². The first-order valence-corrected chi connectivity index (χ1v) is 10.6. The summed E-state index contributed by atoms with van der Waals surface area (Å²) >= 11 is 6.05. The van der Waals surface area contributed by atoms with Crippen LogP contribution in [0.15, 0.2) is 29.3 Å². The minimum atomic E-state index is -0.182. The predicted molar refractivity (Wildman–Crippen MR) is 115 cm³/mol. The number of carbonyl (C=O) groups is 1. The van der Waals surface area contributed by atoms with Crippen LogP contribution in [-0.4, -0.2) is 49.8 Å². The van der Waals surface area contributed by atoms with Gasteiger partial charge in [0.1, 0.15) is 0 Å². The van der Waals surface area contributed by atoms with Gasteiger partial charge in [0.2, 0.25) is 0 Å². The van der Waals surface area contributed by atoms with Crippen LogP contribution in [0.5, 0.6) is 0 Å². The summed E-state index contributed by atoms with van der Waals surface area (Å²) in [7, 11) is 0. The quantitative estimate of drug-likeness (QED) is 0.287. The number of aliphatic hydroxyl groups is 1. The molecule has 1 saturated carbocycles. The number of nitrogens with one attached hydrogen (secondary N) is 3. The Morgan fingerprint density at radius 1 is 1.14 bits per heavy atom. The summed E-state index contributed by atoms with van der Waals surface area (Å²) in [6.45, 7) is 4.76. The maximum absolute atomic E-state index is 12.2. The second-order valence-electron chi connectivity index (χ2n) is 7.39. The number of hydrogen-bond acceptors (Lipinski definition) is 3. The molecule has 1 aromatic rings. The van der Waals surface area contributed by atoms with Crippen molar-refractivity contribution in [3.63, 3.8) is 0 Å². The van der Waals surface area contributed by atoms with Crippen LogP contribution in [0.4, 0.5) is 0 Å². The van der Waals surface area contributed by atoms with Crippen LogP contribution >= 0.6 is 11.6 Å². The standard InChI is InChI=1S/C21H33ClN4O2/c1-2-23-20(26-16-21(12-15-27)10-6-3-7-11-21)25-14-13-24-19(28)17-8-4-5-9-18(17)22/h4-5,8-9,27H,2-3,6-7,10-16H2,1H3,(H,24,28)(H2,23,25,26). The minimum Gasteiger partial charge on any atom is -0.396 e. The van der Waals surface area contributed by atoms with E-state index >= 15 is 0 Å². The van der Waals surface area contributed by atoms with E-state index in [9.17, 15) is 9.90 Å². The lowest BCUT2D eigenvalue weighted by Gasteiger charge is -2.35. The Kier molecular flexibility index (Phi) is 9.58. The Bertz CT molecular complexity index is 640. The zero-order valence-corrected chi connectivity index (χ0v) is 17.5. The van der Waals surface area contributed by atoms with E-state index in [0.29, 0.717) is 23.7 Å². The monoisotopic (exact) mass is 408 g/mol. The number of rotatable bonds is 9.